The summed E-state index contributed by atoms with van der Waals surface area (Å²) >= 11 is 0. The van der Waals surface area contributed by atoms with Gasteiger partial charge >= 0.3 is 0 Å². The van der Waals surface area contributed by atoms with Gasteiger partial charge in [-0.15, -0.1) is 10.2 Å². The minimum absolute atomic E-state index is 0.202. The van der Waals surface area contributed by atoms with E-state index in [4.69, 9.17) is 9.15 Å². The maximum atomic E-state index is 12.9. The first-order valence-electron chi connectivity index (χ1n) is 7.06. The molecule has 1 aliphatic heterocycles. The molecule has 0 radical (unpaired) electrons. The van der Waals surface area contributed by atoms with Gasteiger partial charge in [0.25, 0.3) is 0 Å². The molecule has 1 saturated heterocycles. The van der Waals surface area contributed by atoms with Crippen molar-refractivity contribution in [1.29, 1.82) is 0 Å². The molecule has 1 aromatic heterocycles. The fourth-order valence-electron chi connectivity index (χ4n) is 2.63. The molecule has 21 heavy (non-hydrogen) atoms. The van der Waals surface area contributed by atoms with E-state index in [2.05, 4.69) is 28.9 Å². The van der Waals surface area contributed by atoms with Crippen molar-refractivity contribution in [2.75, 3.05) is 13.1 Å². The number of benzene rings is 1. The lowest BCUT2D eigenvalue weighted by atomic mass is 10.2. The fraction of sp³-hybridized carbons (Fsp3) is 0.467. The van der Waals surface area contributed by atoms with Crippen LogP contribution in [0.15, 0.2) is 28.7 Å². The van der Waals surface area contributed by atoms with Gasteiger partial charge in [-0.3, -0.25) is 4.90 Å². The van der Waals surface area contributed by atoms with Crippen molar-refractivity contribution in [3.63, 3.8) is 0 Å². The molecular weight excluding hydrogens is 273 g/mol. The van der Waals surface area contributed by atoms with Crippen LogP contribution < -0.4 is 0 Å². The molecule has 0 bridgehead atoms. The van der Waals surface area contributed by atoms with E-state index in [1.54, 1.807) is 12.1 Å². The Morgan fingerprint density at radius 1 is 1.14 bits per heavy atom. The zero-order valence-corrected chi connectivity index (χ0v) is 12.1. The lowest BCUT2D eigenvalue weighted by Crippen LogP contribution is -2.44. The minimum Gasteiger partial charge on any atom is -0.419 e. The van der Waals surface area contributed by atoms with Crippen molar-refractivity contribution in [3.8, 4) is 11.5 Å². The number of aromatic nitrogens is 2. The molecule has 1 aliphatic rings. The van der Waals surface area contributed by atoms with Crippen LogP contribution >= 0.6 is 0 Å². The molecule has 0 aliphatic carbocycles. The Labute approximate surface area is 122 Å². The van der Waals surface area contributed by atoms with Gasteiger partial charge in [-0.1, -0.05) is 0 Å². The second-order valence-corrected chi connectivity index (χ2v) is 5.46. The van der Waals surface area contributed by atoms with Crippen LogP contribution in [0.1, 0.15) is 19.7 Å². The van der Waals surface area contributed by atoms with E-state index in [-0.39, 0.29) is 18.0 Å². The largest absolute Gasteiger partial charge is 0.419 e. The molecule has 0 saturated carbocycles. The molecule has 0 amide bonds. The number of hydrogen-bond donors (Lipinski definition) is 0. The summed E-state index contributed by atoms with van der Waals surface area (Å²) in [4.78, 5) is 2.24. The van der Waals surface area contributed by atoms with Crippen LogP contribution in [0, 0.1) is 5.82 Å². The Morgan fingerprint density at radius 2 is 1.81 bits per heavy atom. The van der Waals surface area contributed by atoms with Gasteiger partial charge in [0, 0.05) is 18.7 Å². The Kier molecular flexibility index (Phi) is 3.98. The van der Waals surface area contributed by atoms with E-state index in [1.165, 1.54) is 12.1 Å². The van der Waals surface area contributed by atoms with Crippen LogP contribution in [0.5, 0.6) is 0 Å². The van der Waals surface area contributed by atoms with Crippen molar-refractivity contribution in [1.82, 2.24) is 15.1 Å². The molecule has 0 spiro atoms. The minimum atomic E-state index is -0.283. The fourth-order valence-corrected chi connectivity index (χ4v) is 2.63. The van der Waals surface area contributed by atoms with Crippen molar-refractivity contribution >= 4 is 0 Å². The molecule has 1 fully saturated rings. The lowest BCUT2D eigenvalue weighted by Gasteiger charge is -2.34. The summed E-state index contributed by atoms with van der Waals surface area (Å²) in [5.41, 5.74) is 0.721. The molecule has 1 aromatic carbocycles. The number of ether oxygens (including phenoxy) is 1. The number of morpholine rings is 1. The van der Waals surface area contributed by atoms with Crippen molar-refractivity contribution < 1.29 is 13.5 Å². The zero-order valence-electron chi connectivity index (χ0n) is 12.1. The van der Waals surface area contributed by atoms with Gasteiger partial charge in [0.15, 0.2) is 0 Å². The number of rotatable bonds is 3. The number of halogens is 1. The van der Waals surface area contributed by atoms with E-state index in [0.717, 1.165) is 18.7 Å². The summed E-state index contributed by atoms with van der Waals surface area (Å²) in [5, 5.41) is 8.09. The summed E-state index contributed by atoms with van der Waals surface area (Å²) < 4.78 is 24.3. The first kappa shape index (κ1) is 14.2. The Hall–Kier alpha value is -1.79. The monoisotopic (exact) mass is 291 g/mol. The van der Waals surface area contributed by atoms with Gasteiger partial charge in [-0.05, 0) is 38.1 Å². The third-order valence-corrected chi connectivity index (χ3v) is 3.41. The second kappa shape index (κ2) is 5.91. The second-order valence-electron chi connectivity index (χ2n) is 5.46. The third-order valence-electron chi connectivity index (χ3n) is 3.41. The Morgan fingerprint density at radius 3 is 2.48 bits per heavy atom. The van der Waals surface area contributed by atoms with E-state index in [1.807, 2.05) is 0 Å². The molecule has 6 heteroatoms. The maximum Gasteiger partial charge on any atom is 0.247 e. The van der Waals surface area contributed by atoms with Crippen LogP contribution in [0.25, 0.3) is 11.5 Å². The summed E-state index contributed by atoms with van der Waals surface area (Å²) in [6.07, 6.45) is 0.404. The van der Waals surface area contributed by atoms with Crippen LogP contribution in [-0.2, 0) is 11.3 Å². The van der Waals surface area contributed by atoms with E-state index in [9.17, 15) is 4.39 Å². The molecule has 112 valence electrons. The summed E-state index contributed by atoms with van der Waals surface area (Å²) in [6.45, 7) is 6.41. The molecule has 5 nitrogen and oxygen atoms in total. The lowest BCUT2D eigenvalue weighted by molar-refractivity contribution is -0.0721. The van der Waals surface area contributed by atoms with Gasteiger partial charge < -0.3 is 9.15 Å². The van der Waals surface area contributed by atoms with Crippen LogP contribution in [0.2, 0.25) is 0 Å². The SMILES string of the molecule is C[C@H]1CN(Cc2nnc(-c3ccc(F)cc3)o2)C[C@H](C)O1. The van der Waals surface area contributed by atoms with E-state index < -0.39 is 0 Å². The molecule has 0 unspecified atom stereocenters. The van der Waals surface area contributed by atoms with Crippen LogP contribution in [0.3, 0.4) is 0 Å². The molecule has 3 rings (SSSR count). The average Bonchev–Trinajstić information content (AvgIpc) is 2.87. The van der Waals surface area contributed by atoms with E-state index >= 15 is 0 Å². The molecule has 2 heterocycles. The number of hydrogen-bond acceptors (Lipinski definition) is 5. The molecular formula is C15H18FN3O2. The molecule has 2 atom stereocenters. The maximum absolute atomic E-state index is 12.9. The predicted octanol–water partition coefficient (Wildman–Crippen LogP) is 2.48. The van der Waals surface area contributed by atoms with Gasteiger partial charge in [-0.25, -0.2) is 4.39 Å². The van der Waals surface area contributed by atoms with Crippen molar-refractivity contribution in [3.05, 3.63) is 36.0 Å². The first-order chi connectivity index (χ1) is 10.1. The van der Waals surface area contributed by atoms with E-state index in [0.29, 0.717) is 18.3 Å². The summed E-state index contributed by atoms with van der Waals surface area (Å²) in [6, 6.07) is 6.02. The topological polar surface area (TPSA) is 51.4 Å². The summed E-state index contributed by atoms with van der Waals surface area (Å²) in [7, 11) is 0. The van der Waals surface area contributed by atoms with Gasteiger partial charge in [-0.2, -0.15) is 0 Å². The summed E-state index contributed by atoms with van der Waals surface area (Å²) in [5.74, 6) is 0.699. The highest BCUT2D eigenvalue weighted by atomic mass is 19.1. The van der Waals surface area contributed by atoms with Crippen molar-refractivity contribution in [2.45, 2.75) is 32.6 Å². The highest BCUT2D eigenvalue weighted by Crippen LogP contribution is 2.19. The first-order valence-corrected chi connectivity index (χ1v) is 7.06. The zero-order chi connectivity index (χ0) is 14.8. The van der Waals surface area contributed by atoms with Crippen LogP contribution in [-0.4, -0.2) is 40.4 Å². The standard InChI is InChI=1S/C15H18FN3O2/c1-10-7-19(8-11(2)20-10)9-14-17-18-15(21-14)12-3-5-13(16)6-4-12/h3-6,10-11H,7-9H2,1-2H3/t10-,11-/m0/s1. The van der Waals surface area contributed by atoms with Gasteiger partial charge in [0.05, 0.1) is 18.8 Å². The third kappa shape index (κ3) is 3.46. The average molecular weight is 291 g/mol. The molecule has 2 aromatic rings. The highest BCUT2D eigenvalue weighted by molar-refractivity contribution is 5.51. The normalized spacial score (nSPS) is 23.4. The highest BCUT2D eigenvalue weighted by Gasteiger charge is 2.23. The van der Waals surface area contributed by atoms with Gasteiger partial charge in [0.2, 0.25) is 11.8 Å². The predicted molar refractivity (Wildman–Crippen MR) is 75.0 cm³/mol. The Balaban J connectivity index is 1.69. The quantitative estimate of drug-likeness (QED) is 0.869. The number of nitrogens with zero attached hydrogens (tertiary/aromatic N) is 3. The van der Waals surface area contributed by atoms with Crippen molar-refractivity contribution in [2.24, 2.45) is 0 Å². The van der Waals surface area contributed by atoms with Gasteiger partial charge in [0.1, 0.15) is 5.82 Å². The molecule has 0 N–H and O–H groups in total. The Bertz CT molecular complexity index is 589. The smallest absolute Gasteiger partial charge is 0.247 e. The van der Waals surface area contributed by atoms with Crippen LogP contribution in [0.4, 0.5) is 4.39 Å².